The zero-order chi connectivity index (χ0) is 20.1. The van der Waals surface area contributed by atoms with E-state index in [1.54, 1.807) is 25.1 Å². The van der Waals surface area contributed by atoms with E-state index in [0.717, 1.165) is 12.8 Å². The molecule has 0 radical (unpaired) electrons. The van der Waals surface area contributed by atoms with E-state index >= 15 is 0 Å². The summed E-state index contributed by atoms with van der Waals surface area (Å²) in [5.74, 6) is 0.464. The van der Waals surface area contributed by atoms with Gasteiger partial charge < -0.3 is 24.8 Å². The SMILES string of the molecule is Cc1cc(NC(=O)CN(CC2CCCO2)C(=O)Nc2ccc(Cl)cc2Cl)no1. The lowest BCUT2D eigenvalue weighted by Crippen LogP contribution is -2.44. The van der Waals surface area contributed by atoms with Crippen LogP contribution in [0.4, 0.5) is 16.3 Å². The molecule has 1 aliphatic heterocycles. The zero-order valence-electron chi connectivity index (χ0n) is 15.2. The summed E-state index contributed by atoms with van der Waals surface area (Å²) in [6.07, 6.45) is 1.64. The Labute approximate surface area is 172 Å². The van der Waals surface area contributed by atoms with Gasteiger partial charge in [-0.2, -0.15) is 0 Å². The van der Waals surface area contributed by atoms with Crippen LogP contribution in [-0.4, -0.2) is 47.8 Å². The summed E-state index contributed by atoms with van der Waals surface area (Å²) in [5, 5.41) is 9.80. The summed E-state index contributed by atoms with van der Waals surface area (Å²) in [5.41, 5.74) is 0.404. The van der Waals surface area contributed by atoms with Crippen LogP contribution < -0.4 is 10.6 Å². The van der Waals surface area contributed by atoms with Gasteiger partial charge in [-0.3, -0.25) is 4.79 Å². The van der Waals surface area contributed by atoms with Gasteiger partial charge in [0, 0.05) is 24.2 Å². The van der Waals surface area contributed by atoms with Gasteiger partial charge in [0.25, 0.3) is 0 Å². The van der Waals surface area contributed by atoms with E-state index in [1.807, 2.05) is 0 Å². The van der Waals surface area contributed by atoms with Crippen molar-refractivity contribution < 1.29 is 18.8 Å². The molecule has 0 saturated carbocycles. The molecule has 150 valence electrons. The first-order chi connectivity index (χ1) is 13.4. The Morgan fingerprint density at radius 1 is 1.29 bits per heavy atom. The monoisotopic (exact) mass is 426 g/mol. The summed E-state index contributed by atoms with van der Waals surface area (Å²) in [7, 11) is 0. The molecule has 2 aromatic rings. The Morgan fingerprint density at radius 2 is 2.11 bits per heavy atom. The number of carbonyl (C=O) groups is 2. The molecule has 0 spiro atoms. The van der Waals surface area contributed by atoms with Crippen LogP contribution >= 0.6 is 23.2 Å². The van der Waals surface area contributed by atoms with Gasteiger partial charge in [0.2, 0.25) is 5.91 Å². The van der Waals surface area contributed by atoms with Crippen LogP contribution in [0, 0.1) is 6.92 Å². The Morgan fingerprint density at radius 3 is 2.75 bits per heavy atom. The first-order valence-corrected chi connectivity index (χ1v) is 9.52. The van der Waals surface area contributed by atoms with Crippen LogP contribution in [0.5, 0.6) is 0 Å². The van der Waals surface area contributed by atoms with Gasteiger partial charge in [0.1, 0.15) is 12.3 Å². The van der Waals surface area contributed by atoms with Gasteiger partial charge in [-0.1, -0.05) is 28.4 Å². The van der Waals surface area contributed by atoms with Crippen LogP contribution in [0.1, 0.15) is 18.6 Å². The fourth-order valence-electron chi connectivity index (χ4n) is 2.82. The van der Waals surface area contributed by atoms with Crippen molar-refractivity contribution in [2.24, 2.45) is 0 Å². The highest BCUT2D eigenvalue weighted by Gasteiger charge is 2.25. The third-order valence-electron chi connectivity index (χ3n) is 4.14. The van der Waals surface area contributed by atoms with E-state index in [4.69, 9.17) is 32.5 Å². The van der Waals surface area contributed by atoms with Crippen molar-refractivity contribution in [3.05, 3.63) is 40.1 Å². The summed E-state index contributed by atoms with van der Waals surface area (Å²) in [6.45, 7) is 2.47. The Hall–Kier alpha value is -2.29. The quantitative estimate of drug-likeness (QED) is 0.728. The van der Waals surface area contributed by atoms with Gasteiger partial charge in [0.05, 0.1) is 16.8 Å². The second kappa shape index (κ2) is 9.27. The van der Waals surface area contributed by atoms with Gasteiger partial charge in [-0.25, -0.2) is 4.79 Å². The number of rotatable bonds is 6. The molecule has 1 aromatic heterocycles. The zero-order valence-corrected chi connectivity index (χ0v) is 16.7. The van der Waals surface area contributed by atoms with Crippen LogP contribution in [0.2, 0.25) is 10.0 Å². The maximum atomic E-state index is 12.8. The molecular weight excluding hydrogens is 407 g/mol. The smallest absolute Gasteiger partial charge is 0.322 e. The highest BCUT2D eigenvalue weighted by molar-refractivity contribution is 6.36. The molecule has 0 aliphatic carbocycles. The first kappa shape index (κ1) is 20.4. The van der Waals surface area contributed by atoms with E-state index in [-0.39, 0.29) is 19.2 Å². The largest absolute Gasteiger partial charge is 0.376 e. The van der Waals surface area contributed by atoms with E-state index < -0.39 is 11.9 Å². The molecule has 0 bridgehead atoms. The Bertz CT molecular complexity index is 852. The number of ether oxygens (including phenoxy) is 1. The average Bonchev–Trinajstić information content (AvgIpc) is 3.28. The lowest BCUT2D eigenvalue weighted by molar-refractivity contribution is -0.117. The third kappa shape index (κ3) is 5.60. The van der Waals surface area contributed by atoms with Crippen molar-refractivity contribution in [3.8, 4) is 0 Å². The summed E-state index contributed by atoms with van der Waals surface area (Å²) in [6, 6.07) is 5.88. The van der Waals surface area contributed by atoms with Crippen molar-refractivity contribution in [2.75, 3.05) is 30.3 Å². The first-order valence-electron chi connectivity index (χ1n) is 8.76. The number of hydrogen-bond acceptors (Lipinski definition) is 5. The number of urea groups is 1. The number of aromatic nitrogens is 1. The number of amides is 3. The molecule has 2 heterocycles. The Kier molecular flexibility index (Phi) is 6.77. The lowest BCUT2D eigenvalue weighted by Gasteiger charge is -2.25. The number of anilines is 2. The highest BCUT2D eigenvalue weighted by atomic mass is 35.5. The molecule has 1 aromatic carbocycles. The maximum absolute atomic E-state index is 12.8. The van der Waals surface area contributed by atoms with Crippen LogP contribution in [0.15, 0.2) is 28.8 Å². The van der Waals surface area contributed by atoms with Crippen molar-refractivity contribution in [2.45, 2.75) is 25.9 Å². The molecule has 10 heteroatoms. The van der Waals surface area contributed by atoms with Crippen molar-refractivity contribution in [1.82, 2.24) is 10.1 Å². The number of aryl methyl sites for hydroxylation is 1. The van der Waals surface area contributed by atoms with E-state index in [1.165, 1.54) is 11.0 Å². The number of hydrogen-bond donors (Lipinski definition) is 2. The fourth-order valence-corrected chi connectivity index (χ4v) is 3.28. The fraction of sp³-hybridized carbons (Fsp3) is 0.389. The minimum absolute atomic E-state index is 0.117. The Balaban J connectivity index is 1.67. The minimum atomic E-state index is -0.466. The summed E-state index contributed by atoms with van der Waals surface area (Å²) in [4.78, 5) is 26.5. The number of carbonyl (C=O) groups excluding carboxylic acids is 2. The molecule has 3 amide bonds. The molecule has 1 aliphatic rings. The average molecular weight is 427 g/mol. The summed E-state index contributed by atoms with van der Waals surface area (Å²) >= 11 is 12.0. The number of nitrogens with one attached hydrogen (secondary N) is 2. The minimum Gasteiger partial charge on any atom is -0.376 e. The number of benzene rings is 1. The second-order valence-corrected chi connectivity index (χ2v) is 7.28. The lowest BCUT2D eigenvalue weighted by atomic mass is 10.2. The van der Waals surface area contributed by atoms with Crippen molar-refractivity contribution in [3.63, 3.8) is 0 Å². The van der Waals surface area contributed by atoms with E-state index in [9.17, 15) is 9.59 Å². The third-order valence-corrected chi connectivity index (χ3v) is 4.69. The van der Waals surface area contributed by atoms with Crippen LogP contribution in [0.3, 0.4) is 0 Å². The van der Waals surface area contributed by atoms with Gasteiger partial charge in [-0.05, 0) is 38.0 Å². The molecule has 1 unspecified atom stereocenters. The molecule has 1 fully saturated rings. The molecule has 28 heavy (non-hydrogen) atoms. The molecule has 2 N–H and O–H groups in total. The second-order valence-electron chi connectivity index (χ2n) is 6.44. The molecule has 1 atom stereocenters. The topological polar surface area (TPSA) is 96.7 Å². The van der Waals surface area contributed by atoms with Gasteiger partial charge in [0.15, 0.2) is 5.82 Å². The standard InChI is InChI=1S/C18H20Cl2N4O4/c1-11-7-16(23-28-11)22-17(25)10-24(9-13-3-2-6-27-13)18(26)21-15-5-4-12(19)8-14(15)20/h4-5,7-8,13H,2-3,6,9-10H2,1H3,(H,21,26)(H,22,23,25). The predicted molar refractivity (Wildman–Crippen MR) is 106 cm³/mol. The predicted octanol–water partition coefficient (Wildman–Crippen LogP) is 3.94. The summed E-state index contributed by atoms with van der Waals surface area (Å²) < 4.78 is 10.5. The van der Waals surface area contributed by atoms with Crippen LogP contribution in [-0.2, 0) is 9.53 Å². The van der Waals surface area contributed by atoms with Gasteiger partial charge in [-0.15, -0.1) is 0 Å². The normalized spacial score (nSPS) is 16.0. The number of halogens is 2. The molecular formula is C18H20Cl2N4O4. The van der Waals surface area contributed by atoms with E-state index in [2.05, 4.69) is 15.8 Å². The molecule has 8 nitrogen and oxygen atoms in total. The maximum Gasteiger partial charge on any atom is 0.322 e. The highest BCUT2D eigenvalue weighted by Crippen LogP contribution is 2.26. The van der Waals surface area contributed by atoms with Crippen molar-refractivity contribution in [1.29, 1.82) is 0 Å². The number of nitrogens with zero attached hydrogens (tertiary/aromatic N) is 2. The van der Waals surface area contributed by atoms with Gasteiger partial charge >= 0.3 is 6.03 Å². The molecule has 3 rings (SSSR count). The van der Waals surface area contributed by atoms with Crippen molar-refractivity contribution >= 4 is 46.6 Å². The van der Waals surface area contributed by atoms with E-state index in [0.29, 0.717) is 33.9 Å². The van der Waals surface area contributed by atoms with Crippen LogP contribution in [0.25, 0.3) is 0 Å². The molecule has 1 saturated heterocycles.